The van der Waals surface area contributed by atoms with Crippen molar-refractivity contribution >= 4 is 40.0 Å². The summed E-state index contributed by atoms with van der Waals surface area (Å²) in [5.74, 6) is 1.77. The van der Waals surface area contributed by atoms with Gasteiger partial charge in [-0.25, -0.2) is 4.98 Å². The number of nitrogens with zero attached hydrogens (tertiary/aromatic N) is 1. The van der Waals surface area contributed by atoms with E-state index in [9.17, 15) is 4.79 Å². The number of benzene rings is 3. The Labute approximate surface area is 209 Å². The van der Waals surface area contributed by atoms with Gasteiger partial charge in [-0.1, -0.05) is 32.0 Å². The largest absolute Gasteiger partial charge is 0.493 e. The van der Waals surface area contributed by atoms with Gasteiger partial charge in [0.25, 0.3) is 5.91 Å². The molecule has 0 radical (unpaired) electrons. The summed E-state index contributed by atoms with van der Waals surface area (Å²) in [7, 11) is 3.06. The second-order valence-electron chi connectivity index (χ2n) is 8.34. The minimum Gasteiger partial charge on any atom is -0.493 e. The second-order valence-corrected chi connectivity index (χ2v) is 8.75. The first kappa shape index (κ1) is 24.2. The van der Waals surface area contributed by atoms with Gasteiger partial charge >= 0.3 is 0 Å². The van der Waals surface area contributed by atoms with Crippen molar-refractivity contribution in [2.45, 2.75) is 26.2 Å². The van der Waals surface area contributed by atoms with Crippen LogP contribution in [0.3, 0.4) is 0 Å². The third kappa shape index (κ3) is 5.78. The molecule has 4 rings (SSSR count). The zero-order valence-corrected chi connectivity index (χ0v) is 20.9. The fourth-order valence-corrected chi connectivity index (χ4v) is 3.83. The Morgan fingerprint density at radius 3 is 2.43 bits per heavy atom. The van der Waals surface area contributed by atoms with Crippen LogP contribution in [0.25, 0.3) is 11.1 Å². The van der Waals surface area contributed by atoms with Crippen LogP contribution in [0.4, 0.5) is 5.69 Å². The topological polar surface area (TPSA) is 85.6 Å². The molecule has 0 aliphatic heterocycles. The Bertz CT molecular complexity index is 1360. The highest BCUT2D eigenvalue weighted by molar-refractivity contribution is 7.80. The van der Waals surface area contributed by atoms with Gasteiger partial charge in [0.1, 0.15) is 5.52 Å². The van der Waals surface area contributed by atoms with Gasteiger partial charge in [0.2, 0.25) is 0 Å². The normalized spacial score (nSPS) is 10.9. The molecule has 3 aromatic carbocycles. The lowest BCUT2D eigenvalue weighted by Crippen LogP contribution is -2.34. The molecule has 4 aromatic rings. The Morgan fingerprint density at radius 2 is 1.74 bits per heavy atom. The van der Waals surface area contributed by atoms with Crippen molar-refractivity contribution in [1.82, 2.24) is 10.3 Å². The van der Waals surface area contributed by atoms with Gasteiger partial charge in [0.15, 0.2) is 28.1 Å². The Kier molecular flexibility index (Phi) is 7.31. The van der Waals surface area contributed by atoms with E-state index in [1.54, 1.807) is 18.2 Å². The molecule has 1 heterocycles. The number of carbonyl (C=O) groups is 1. The number of ether oxygens (including phenoxy) is 2. The van der Waals surface area contributed by atoms with Crippen molar-refractivity contribution in [1.29, 1.82) is 0 Å². The molecular formula is C27H27N3O4S. The van der Waals surface area contributed by atoms with Gasteiger partial charge in [0.05, 0.1) is 14.2 Å². The fourth-order valence-electron chi connectivity index (χ4n) is 3.62. The number of anilines is 1. The quantitative estimate of drug-likeness (QED) is 0.323. The number of fused-ring (bicyclic) bond motifs is 1. The lowest BCUT2D eigenvalue weighted by atomic mass is 10.0. The predicted molar refractivity (Wildman–Crippen MR) is 141 cm³/mol. The number of nitrogens with one attached hydrogen (secondary N) is 2. The van der Waals surface area contributed by atoms with E-state index < -0.39 is 0 Å². The van der Waals surface area contributed by atoms with E-state index in [0.717, 1.165) is 22.4 Å². The lowest BCUT2D eigenvalue weighted by Gasteiger charge is -2.12. The molecule has 1 aromatic heterocycles. The van der Waals surface area contributed by atoms with E-state index in [4.69, 9.17) is 26.1 Å². The first-order valence-electron chi connectivity index (χ1n) is 11.2. The SMILES string of the molecule is COc1ccc(C(=O)NC(=S)Nc2ccc(Cc3nc4cc(C(C)C)ccc4o3)cc2)cc1OC. The molecule has 0 saturated carbocycles. The van der Waals surface area contributed by atoms with Crippen LogP contribution in [-0.2, 0) is 6.42 Å². The van der Waals surface area contributed by atoms with Crippen LogP contribution in [0.1, 0.15) is 47.1 Å². The van der Waals surface area contributed by atoms with Gasteiger partial charge in [-0.05, 0) is 71.7 Å². The van der Waals surface area contributed by atoms with Gasteiger partial charge < -0.3 is 19.2 Å². The van der Waals surface area contributed by atoms with Gasteiger partial charge in [-0.15, -0.1) is 0 Å². The van der Waals surface area contributed by atoms with Crippen LogP contribution in [0.15, 0.2) is 65.1 Å². The van der Waals surface area contributed by atoms with Crippen LogP contribution in [0.2, 0.25) is 0 Å². The molecule has 180 valence electrons. The Hall–Kier alpha value is -3.91. The minimum absolute atomic E-state index is 0.192. The van der Waals surface area contributed by atoms with E-state index in [-0.39, 0.29) is 11.0 Å². The maximum absolute atomic E-state index is 12.6. The number of amides is 1. The number of oxazole rings is 1. The molecule has 0 atom stereocenters. The average molecular weight is 490 g/mol. The summed E-state index contributed by atoms with van der Waals surface area (Å²) in [5, 5.41) is 5.89. The predicted octanol–water partition coefficient (Wildman–Crippen LogP) is 5.69. The number of rotatable bonds is 7. The second kappa shape index (κ2) is 10.6. The zero-order valence-electron chi connectivity index (χ0n) is 20.0. The molecule has 0 spiro atoms. The number of aromatic nitrogens is 1. The molecule has 35 heavy (non-hydrogen) atoms. The summed E-state index contributed by atoms with van der Waals surface area (Å²) in [5.41, 5.74) is 5.11. The molecule has 0 unspecified atom stereocenters. The first-order valence-corrected chi connectivity index (χ1v) is 11.6. The molecule has 0 fully saturated rings. The third-order valence-corrected chi connectivity index (χ3v) is 5.77. The number of hydrogen-bond acceptors (Lipinski definition) is 6. The summed E-state index contributed by atoms with van der Waals surface area (Å²) in [6, 6.07) is 18.8. The number of methoxy groups -OCH3 is 2. The number of hydrogen-bond donors (Lipinski definition) is 2. The van der Waals surface area contributed by atoms with Crippen molar-refractivity contribution in [2.24, 2.45) is 0 Å². The number of thiocarbonyl (C=S) groups is 1. The van der Waals surface area contributed by atoms with Crippen molar-refractivity contribution in [3.63, 3.8) is 0 Å². The maximum Gasteiger partial charge on any atom is 0.257 e. The van der Waals surface area contributed by atoms with Gasteiger partial charge in [0, 0.05) is 17.7 Å². The highest BCUT2D eigenvalue weighted by Gasteiger charge is 2.13. The van der Waals surface area contributed by atoms with Crippen LogP contribution in [-0.4, -0.2) is 30.2 Å². The summed E-state index contributed by atoms with van der Waals surface area (Å²) < 4.78 is 16.4. The highest BCUT2D eigenvalue weighted by Crippen LogP contribution is 2.27. The highest BCUT2D eigenvalue weighted by atomic mass is 32.1. The summed E-state index contributed by atoms with van der Waals surface area (Å²) in [6.07, 6.45) is 0.576. The minimum atomic E-state index is -0.350. The van der Waals surface area contributed by atoms with Crippen molar-refractivity contribution < 1.29 is 18.7 Å². The van der Waals surface area contributed by atoms with Crippen molar-refractivity contribution in [3.05, 3.63) is 83.2 Å². The molecule has 8 heteroatoms. The summed E-state index contributed by atoms with van der Waals surface area (Å²) in [4.78, 5) is 17.2. The monoisotopic (exact) mass is 489 g/mol. The summed E-state index contributed by atoms with van der Waals surface area (Å²) >= 11 is 5.30. The molecule has 2 N–H and O–H groups in total. The van der Waals surface area contributed by atoms with Crippen LogP contribution in [0, 0.1) is 0 Å². The number of carbonyl (C=O) groups excluding carboxylic acids is 1. The van der Waals surface area contributed by atoms with Gasteiger partial charge in [-0.3, -0.25) is 10.1 Å². The van der Waals surface area contributed by atoms with E-state index in [0.29, 0.717) is 35.3 Å². The Morgan fingerprint density at radius 1 is 1.00 bits per heavy atom. The van der Waals surface area contributed by atoms with E-state index >= 15 is 0 Å². The fraction of sp³-hybridized carbons (Fsp3) is 0.222. The molecule has 0 saturated heterocycles. The van der Waals surface area contributed by atoms with E-state index in [2.05, 4.69) is 41.6 Å². The van der Waals surface area contributed by atoms with E-state index in [1.807, 2.05) is 30.3 Å². The molecule has 0 bridgehead atoms. The average Bonchev–Trinajstić information content (AvgIpc) is 3.26. The zero-order chi connectivity index (χ0) is 24.9. The van der Waals surface area contributed by atoms with Crippen molar-refractivity contribution in [3.8, 4) is 11.5 Å². The molecule has 0 aliphatic rings. The molecule has 7 nitrogen and oxygen atoms in total. The third-order valence-electron chi connectivity index (χ3n) is 5.56. The van der Waals surface area contributed by atoms with Crippen LogP contribution < -0.4 is 20.1 Å². The first-order chi connectivity index (χ1) is 16.9. The molecular weight excluding hydrogens is 462 g/mol. The van der Waals surface area contributed by atoms with E-state index in [1.165, 1.54) is 19.8 Å². The molecule has 0 aliphatic carbocycles. The molecule has 1 amide bonds. The van der Waals surface area contributed by atoms with Crippen LogP contribution >= 0.6 is 12.2 Å². The van der Waals surface area contributed by atoms with Crippen LogP contribution in [0.5, 0.6) is 11.5 Å². The Balaban J connectivity index is 1.36. The van der Waals surface area contributed by atoms with Gasteiger partial charge in [-0.2, -0.15) is 0 Å². The smallest absolute Gasteiger partial charge is 0.257 e. The van der Waals surface area contributed by atoms with Crippen molar-refractivity contribution in [2.75, 3.05) is 19.5 Å². The summed E-state index contributed by atoms with van der Waals surface area (Å²) in [6.45, 7) is 4.32. The lowest BCUT2D eigenvalue weighted by molar-refractivity contribution is 0.0977. The maximum atomic E-state index is 12.6. The standard InChI is InChI=1S/C27H27N3O4S/c1-16(2)18-7-11-22-21(14-18)29-25(34-22)13-17-5-9-20(10-6-17)28-27(35)30-26(31)19-8-12-23(32-3)24(15-19)33-4/h5-12,14-16H,13H2,1-4H3,(H2,28,30,31,35).